The zero-order valence-electron chi connectivity index (χ0n) is 32.3. The fraction of sp³-hybridized carbons (Fsp3) is 0.500. The summed E-state index contributed by atoms with van der Waals surface area (Å²) >= 11 is 2.02. The summed E-state index contributed by atoms with van der Waals surface area (Å²) in [7, 11) is -3.74. The average molecular weight is 911 g/mol. The van der Waals surface area contributed by atoms with Crippen LogP contribution in [0.5, 0.6) is 5.75 Å². The van der Waals surface area contributed by atoms with Gasteiger partial charge >= 0.3 is 6.03 Å². The van der Waals surface area contributed by atoms with Crippen LogP contribution in [0, 0.1) is 18.8 Å². The van der Waals surface area contributed by atoms with E-state index < -0.39 is 53.9 Å². The fourth-order valence-electron chi connectivity index (χ4n) is 8.27. The van der Waals surface area contributed by atoms with Gasteiger partial charge in [0.05, 0.1) is 38.0 Å². The molecule has 6 atom stereocenters. The first-order valence-electron chi connectivity index (χ1n) is 19.8. The number of carbonyl (C=O) groups is 4. The smallest absolute Gasteiger partial charge is 0.315 e. The summed E-state index contributed by atoms with van der Waals surface area (Å²) in [5.41, 5.74) is 9.29. The lowest BCUT2D eigenvalue weighted by molar-refractivity contribution is -0.137. The van der Waals surface area contributed by atoms with Gasteiger partial charge in [0.15, 0.2) is 0 Å². The zero-order valence-corrected chi connectivity index (χ0v) is 35.3. The molecule has 3 fully saturated rings. The van der Waals surface area contributed by atoms with Crippen molar-refractivity contribution in [1.29, 1.82) is 0 Å². The molecule has 57 heavy (non-hydrogen) atoms. The van der Waals surface area contributed by atoms with Crippen LogP contribution in [0.2, 0.25) is 0 Å². The number of aryl methyl sites for hydroxylation is 2. The molecule has 2 aliphatic carbocycles. The van der Waals surface area contributed by atoms with Gasteiger partial charge in [0.1, 0.15) is 23.7 Å². The monoisotopic (exact) mass is 910 g/mol. The second-order valence-corrected chi connectivity index (χ2v) is 20.4. The van der Waals surface area contributed by atoms with Crippen molar-refractivity contribution >= 4 is 67.6 Å². The molecule has 7 rings (SSSR count). The van der Waals surface area contributed by atoms with E-state index >= 15 is 0 Å². The van der Waals surface area contributed by atoms with E-state index in [0.717, 1.165) is 59.0 Å². The molecule has 0 radical (unpaired) electrons. The van der Waals surface area contributed by atoms with Crippen molar-refractivity contribution in [1.82, 2.24) is 25.2 Å². The second kappa shape index (κ2) is 16.3. The number of aldehydes is 1. The van der Waals surface area contributed by atoms with Crippen LogP contribution in [-0.2, 0) is 37.4 Å². The highest BCUT2D eigenvalue weighted by Gasteiger charge is 2.64. The summed E-state index contributed by atoms with van der Waals surface area (Å²) in [6.07, 6.45) is 10.7. The molecule has 2 aliphatic heterocycles. The maximum absolute atomic E-state index is 14.3. The quantitative estimate of drug-likeness (QED) is 0.0401. The Morgan fingerprint density at radius 2 is 1.81 bits per heavy atom. The number of benzene rings is 2. The van der Waals surface area contributed by atoms with E-state index in [1.54, 1.807) is 11.8 Å². The minimum Gasteiger partial charge on any atom is -0.483 e. The molecule has 4 amide bonds. The molecule has 5 N–H and O–H groups in total. The van der Waals surface area contributed by atoms with Gasteiger partial charge in [-0.25, -0.2) is 18.2 Å². The molecular formula is C42H51IN6O7S. The minimum atomic E-state index is -3.74. The summed E-state index contributed by atoms with van der Waals surface area (Å²) in [6.45, 7) is 4.07. The number of nitrogens with one attached hydrogen (secondary N) is 3. The van der Waals surface area contributed by atoms with Gasteiger partial charge in [-0.1, -0.05) is 96.1 Å². The van der Waals surface area contributed by atoms with E-state index in [0.29, 0.717) is 51.5 Å². The van der Waals surface area contributed by atoms with Crippen LogP contribution in [-0.4, -0.2) is 75.0 Å². The Labute approximate surface area is 347 Å². The van der Waals surface area contributed by atoms with Crippen LogP contribution in [0.3, 0.4) is 0 Å². The van der Waals surface area contributed by atoms with Gasteiger partial charge in [0.25, 0.3) is 0 Å². The number of nitrogens with zero attached hydrogens (tertiary/aromatic N) is 2. The standard InChI is InChI=1S/C42H51IN6O7S/c1-27-36-31(30-15-11-12-17-33(30)46-27)19-20-41(56-36)23-29(25-50)49(26-41)38(52)34(47-39(53)45-24-28-13-7-6-8-14-28)18-10-5-3-4-9-16-32-35(42(32,43)44)37(51)48-57(54,55)40(2)21-22-40/h6-9,11-17,25,29,32,34-35H,3-5,10,18-24,26,44H2,1-2H3,(H,48,51)(H2,45,47,53)/b16-9-/t29-,32+,34-,35?,41+,42+/m0/s1. The fourth-order valence-corrected chi connectivity index (χ4v) is 10.6. The van der Waals surface area contributed by atoms with Gasteiger partial charge in [-0.05, 0) is 70.4 Å². The van der Waals surface area contributed by atoms with Crippen LogP contribution in [0.15, 0.2) is 66.7 Å². The molecule has 4 aliphatic rings. The van der Waals surface area contributed by atoms with Crippen molar-refractivity contribution in [3.63, 3.8) is 0 Å². The number of sulfonamides is 1. The Hall–Kier alpha value is -4.09. The highest BCUT2D eigenvalue weighted by molar-refractivity contribution is 14.1. The Balaban J connectivity index is 0.964. The highest BCUT2D eigenvalue weighted by Crippen LogP contribution is 2.55. The highest BCUT2D eigenvalue weighted by atomic mass is 127. The van der Waals surface area contributed by atoms with Crippen LogP contribution in [0.25, 0.3) is 10.9 Å². The van der Waals surface area contributed by atoms with E-state index in [1.165, 1.54) is 0 Å². The number of halogens is 1. The van der Waals surface area contributed by atoms with Gasteiger partial charge in [0.2, 0.25) is 21.8 Å². The van der Waals surface area contributed by atoms with Gasteiger partial charge in [-0.15, -0.1) is 0 Å². The van der Waals surface area contributed by atoms with E-state index in [1.807, 2.05) is 96.3 Å². The number of carbonyl (C=O) groups excluding carboxylic acids is 4. The first-order chi connectivity index (χ1) is 27.2. The number of hydrogen-bond acceptors (Lipinski definition) is 9. The third-order valence-corrected chi connectivity index (χ3v) is 15.7. The molecule has 1 saturated heterocycles. The molecule has 2 aromatic carbocycles. The van der Waals surface area contributed by atoms with E-state index in [9.17, 15) is 27.6 Å². The number of para-hydroxylation sites is 1. The molecule has 1 unspecified atom stereocenters. The van der Waals surface area contributed by atoms with Crippen LogP contribution < -0.4 is 25.8 Å². The molecule has 304 valence electrons. The van der Waals surface area contributed by atoms with Crippen molar-refractivity contribution in [2.24, 2.45) is 17.6 Å². The molecule has 0 bridgehead atoms. The van der Waals surface area contributed by atoms with Crippen molar-refractivity contribution in [2.75, 3.05) is 6.54 Å². The molecule has 3 aromatic rings. The van der Waals surface area contributed by atoms with Crippen LogP contribution in [0.4, 0.5) is 4.79 Å². The lowest BCUT2D eigenvalue weighted by Crippen LogP contribution is -2.53. The maximum Gasteiger partial charge on any atom is 0.315 e. The Morgan fingerprint density at radius 1 is 1.07 bits per heavy atom. The molecule has 3 heterocycles. The predicted molar refractivity (Wildman–Crippen MR) is 225 cm³/mol. The van der Waals surface area contributed by atoms with Gasteiger partial charge in [-0.2, -0.15) is 0 Å². The van der Waals surface area contributed by atoms with E-state index in [-0.39, 0.29) is 18.4 Å². The molecule has 2 saturated carbocycles. The molecule has 1 aromatic heterocycles. The first kappa shape index (κ1) is 41.1. The van der Waals surface area contributed by atoms with E-state index in [4.69, 9.17) is 15.5 Å². The Kier molecular flexibility index (Phi) is 11.7. The summed E-state index contributed by atoms with van der Waals surface area (Å²) in [4.78, 5) is 59.2. The Morgan fingerprint density at radius 3 is 2.54 bits per heavy atom. The number of hydrogen-bond donors (Lipinski definition) is 4. The third kappa shape index (κ3) is 8.70. The van der Waals surface area contributed by atoms with Gasteiger partial charge < -0.3 is 30.8 Å². The lowest BCUT2D eigenvalue weighted by Gasteiger charge is -2.36. The number of amides is 4. The summed E-state index contributed by atoms with van der Waals surface area (Å²) in [5.74, 6) is -1.08. The van der Waals surface area contributed by atoms with Gasteiger partial charge in [0, 0.05) is 29.8 Å². The normalized spacial score (nSPS) is 26.4. The predicted octanol–water partition coefficient (Wildman–Crippen LogP) is 5.12. The van der Waals surface area contributed by atoms with E-state index in [2.05, 4.69) is 15.4 Å². The zero-order chi connectivity index (χ0) is 40.6. The second-order valence-electron chi connectivity index (χ2n) is 16.4. The van der Waals surface area contributed by atoms with Crippen molar-refractivity contribution in [3.05, 3.63) is 83.6 Å². The average Bonchev–Trinajstić information content (AvgIpc) is 4.03. The maximum atomic E-state index is 14.3. The molecule has 15 heteroatoms. The number of likely N-dealkylation sites (tertiary alicyclic amines) is 1. The number of aromatic nitrogens is 1. The van der Waals surface area contributed by atoms with Crippen molar-refractivity contribution in [2.45, 2.75) is 111 Å². The summed E-state index contributed by atoms with van der Waals surface area (Å²) in [6, 6.07) is 15.4. The number of unbranched alkanes of at least 4 members (excludes halogenated alkanes) is 3. The largest absolute Gasteiger partial charge is 0.483 e. The number of rotatable bonds is 15. The van der Waals surface area contributed by atoms with Crippen molar-refractivity contribution in [3.8, 4) is 5.75 Å². The molecule has 1 spiro atoms. The van der Waals surface area contributed by atoms with Gasteiger partial charge in [-0.3, -0.25) is 14.3 Å². The Bertz CT molecular complexity index is 2180. The number of ether oxygens (including phenoxy) is 1. The molecule has 13 nitrogen and oxygen atoms in total. The van der Waals surface area contributed by atoms with Crippen molar-refractivity contribution < 1.29 is 32.3 Å². The number of alkyl halides is 1. The number of pyridine rings is 1. The lowest BCUT2D eigenvalue weighted by atomic mass is 9.87. The van der Waals surface area contributed by atoms with Crippen LogP contribution >= 0.6 is 22.6 Å². The number of urea groups is 1. The number of fused-ring (bicyclic) bond motifs is 3. The summed E-state index contributed by atoms with van der Waals surface area (Å²) in [5, 5.41) is 6.81. The SMILES string of the molecule is Cc1nc2ccccc2c2c1O[C@]1(CC2)C[C@@H](C=O)N(C(=O)[C@H](CCCCC/C=C\[C@@H]2C(C(=O)NS(=O)(=O)C3(C)CC3)[C@@]2(N)I)NC(=O)NCc2ccccc2)C1. The minimum absolute atomic E-state index is 0.223. The number of nitrogens with two attached hydrogens (primary N) is 1. The first-order valence-corrected chi connectivity index (χ1v) is 22.4. The summed E-state index contributed by atoms with van der Waals surface area (Å²) < 4.78 is 32.4. The molecular weight excluding hydrogens is 859 g/mol. The van der Waals surface area contributed by atoms with Crippen LogP contribution in [0.1, 0.15) is 81.5 Å². The topological polar surface area (TPSA) is 190 Å². The number of allylic oxidation sites excluding steroid dienone is 1. The third-order valence-electron chi connectivity index (χ3n) is 12.1.